The van der Waals surface area contributed by atoms with E-state index in [1.54, 1.807) is 12.1 Å². The first-order valence-electron chi connectivity index (χ1n) is 10.8. The van der Waals surface area contributed by atoms with Crippen LogP contribution in [0.5, 0.6) is 11.5 Å². The summed E-state index contributed by atoms with van der Waals surface area (Å²) in [6.07, 6.45) is 0.886. The quantitative estimate of drug-likeness (QED) is 0.823. The third kappa shape index (κ3) is 4.70. The summed E-state index contributed by atoms with van der Waals surface area (Å²) in [7, 11) is 2.16. The van der Waals surface area contributed by atoms with Crippen molar-refractivity contribution >= 4 is 11.6 Å². The van der Waals surface area contributed by atoms with Crippen LogP contribution in [0.3, 0.4) is 0 Å². The monoisotopic (exact) mass is 409 g/mol. The second-order valence-corrected chi connectivity index (χ2v) is 8.42. The molecule has 2 aromatic rings. The van der Waals surface area contributed by atoms with Gasteiger partial charge in [-0.2, -0.15) is 0 Å². The minimum Gasteiger partial charge on any atom is -0.491 e. The van der Waals surface area contributed by atoms with Crippen molar-refractivity contribution in [3.8, 4) is 11.5 Å². The van der Waals surface area contributed by atoms with Crippen LogP contribution < -0.4 is 19.7 Å². The zero-order chi connectivity index (χ0) is 21.1. The van der Waals surface area contributed by atoms with Crippen molar-refractivity contribution in [2.24, 2.45) is 0 Å². The van der Waals surface area contributed by atoms with Gasteiger partial charge in [0, 0.05) is 49.4 Å². The van der Waals surface area contributed by atoms with Gasteiger partial charge in [0.15, 0.2) is 0 Å². The summed E-state index contributed by atoms with van der Waals surface area (Å²) < 4.78 is 11.7. The Labute approximate surface area is 178 Å². The first-order valence-corrected chi connectivity index (χ1v) is 10.8. The number of benzene rings is 2. The van der Waals surface area contributed by atoms with Gasteiger partial charge in [-0.3, -0.25) is 4.79 Å². The maximum absolute atomic E-state index is 12.8. The SMILES string of the molecule is CC(C)Oc1ccc(C(=O)NC2COc3cccc(N4CCN(C)CC4)c3C2)cc1. The third-order valence-corrected chi connectivity index (χ3v) is 5.67. The lowest BCUT2D eigenvalue weighted by molar-refractivity contribution is 0.0915. The number of anilines is 1. The fourth-order valence-corrected chi connectivity index (χ4v) is 4.05. The molecule has 2 heterocycles. The second kappa shape index (κ2) is 8.96. The summed E-state index contributed by atoms with van der Waals surface area (Å²) in [5.41, 5.74) is 3.05. The highest BCUT2D eigenvalue weighted by atomic mass is 16.5. The highest BCUT2D eigenvalue weighted by molar-refractivity contribution is 5.94. The molecular weight excluding hydrogens is 378 g/mol. The van der Waals surface area contributed by atoms with E-state index in [-0.39, 0.29) is 18.1 Å². The van der Waals surface area contributed by atoms with Gasteiger partial charge in [-0.1, -0.05) is 6.07 Å². The van der Waals surface area contributed by atoms with Gasteiger partial charge < -0.3 is 24.6 Å². The number of hydrogen-bond donors (Lipinski definition) is 1. The van der Waals surface area contributed by atoms with E-state index in [4.69, 9.17) is 9.47 Å². The van der Waals surface area contributed by atoms with Gasteiger partial charge in [0.2, 0.25) is 0 Å². The molecule has 2 aliphatic rings. The molecule has 1 atom stereocenters. The molecule has 6 heteroatoms. The predicted molar refractivity (Wildman–Crippen MR) is 119 cm³/mol. The molecular formula is C24H31N3O3. The van der Waals surface area contributed by atoms with Gasteiger partial charge in [0.25, 0.3) is 5.91 Å². The number of piperazine rings is 1. The number of carbonyl (C=O) groups is 1. The lowest BCUT2D eigenvalue weighted by atomic mass is 9.99. The van der Waals surface area contributed by atoms with E-state index in [1.165, 1.54) is 11.3 Å². The highest BCUT2D eigenvalue weighted by Crippen LogP contribution is 2.34. The maximum Gasteiger partial charge on any atom is 0.251 e. The average molecular weight is 410 g/mol. The summed E-state index contributed by atoms with van der Waals surface area (Å²) in [5.74, 6) is 1.63. The minimum absolute atomic E-state index is 0.0507. The first-order chi connectivity index (χ1) is 14.5. The molecule has 0 aromatic heterocycles. The van der Waals surface area contributed by atoms with Gasteiger partial charge in [-0.25, -0.2) is 0 Å². The Morgan fingerprint density at radius 3 is 2.53 bits per heavy atom. The van der Waals surface area contributed by atoms with Gasteiger partial charge >= 0.3 is 0 Å². The predicted octanol–water partition coefficient (Wildman–Crippen LogP) is 2.96. The summed E-state index contributed by atoms with van der Waals surface area (Å²) in [6, 6.07) is 13.5. The van der Waals surface area contributed by atoms with Crippen LogP contribution in [-0.2, 0) is 6.42 Å². The molecule has 0 bridgehead atoms. The Balaban J connectivity index is 1.43. The van der Waals surface area contributed by atoms with E-state index in [0.29, 0.717) is 12.2 Å². The number of amides is 1. The van der Waals surface area contributed by atoms with Crippen LogP contribution in [0.25, 0.3) is 0 Å². The normalized spacial score (nSPS) is 19.2. The zero-order valence-corrected chi connectivity index (χ0v) is 18.1. The van der Waals surface area contributed by atoms with E-state index >= 15 is 0 Å². The van der Waals surface area contributed by atoms with E-state index in [1.807, 2.05) is 32.0 Å². The van der Waals surface area contributed by atoms with Gasteiger partial charge in [0.05, 0.1) is 12.1 Å². The highest BCUT2D eigenvalue weighted by Gasteiger charge is 2.26. The van der Waals surface area contributed by atoms with Crippen LogP contribution in [0.2, 0.25) is 0 Å². The molecule has 1 unspecified atom stereocenters. The molecule has 2 aromatic carbocycles. The smallest absolute Gasteiger partial charge is 0.251 e. The number of nitrogens with zero attached hydrogens (tertiary/aromatic N) is 2. The lowest BCUT2D eigenvalue weighted by Crippen LogP contribution is -2.46. The van der Waals surface area contributed by atoms with Crippen molar-refractivity contribution in [1.29, 1.82) is 0 Å². The van der Waals surface area contributed by atoms with Crippen molar-refractivity contribution in [2.75, 3.05) is 44.7 Å². The van der Waals surface area contributed by atoms with Crippen LogP contribution in [0.4, 0.5) is 5.69 Å². The fraction of sp³-hybridized carbons (Fsp3) is 0.458. The standard InChI is InChI=1S/C24H31N3O3/c1-17(2)30-20-9-7-18(8-10-20)24(28)25-19-15-21-22(5-4-6-23(21)29-16-19)27-13-11-26(3)12-14-27/h4-10,17,19H,11-16H2,1-3H3,(H,25,28). The molecule has 0 spiro atoms. The molecule has 0 radical (unpaired) electrons. The summed E-state index contributed by atoms with van der Waals surface area (Å²) in [4.78, 5) is 17.5. The molecule has 1 amide bonds. The Morgan fingerprint density at radius 1 is 1.10 bits per heavy atom. The van der Waals surface area contributed by atoms with Gasteiger partial charge in [-0.05, 0) is 57.3 Å². The van der Waals surface area contributed by atoms with E-state index in [2.05, 4.69) is 34.3 Å². The molecule has 1 saturated heterocycles. The molecule has 4 rings (SSSR count). The Hall–Kier alpha value is -2.73. The van der Waals surface area contributed by atoms with Crippen molar-refractivity contribution in [1.82, 2.24) is 10.2 Å². The van der Waals surface area contributed by atoms with Crippen molar-refractivity contribution in [2.45, 2.75) is 32.4 Å². The van der Waals surface area contributed by atoms with E-state index < -0.39 is 0 Å². The Kier molecular flexibility index (Phi) is 6.13. The first kappa shape index (κ1) is 20.5. The second-order valence-electron chi connectivity index (χ2n) is 8.42. The summed E-state index contributed by atoms with van der Waals surface area (Å²) >= 11 is 0. The summed E-state index contributed by atoms with van der Waals surface area (Å²) in [6.45, 7) is 8.58. The molecule has 0 aliphatic carbocycles. The topological polar surface area (TPSA) is 54.0 Å². The van der Waals surface area contributed by atoms with Crippen LogP contribution in [-0.4, -0.2) is 62.8 Å². The molecule has 0 saturated carbocycles. The molecule has 30 heavy (non-hydrogen) atoms. The number of fused-ring (bicyclic) bond motifs is 1. The molecule has 160 valence electrons. The van der Waals surface area contributed by atoms with Crippen LogP contribution in [0.15, 0.2) is 42.5 Å². The number of nitrogens with one attached hydrogen (secondary N) is 1. The molecule has 6 nitrogen and oxygen atoms in total. The summed E-state index contributed by atoms with van der Waals surface area (Å²) in [5, 5.41) is 3.14. The van der Waals surface area contributed by atoms with Gasteiger partial charge in [-0.15, -0.1) is 0 Å². The molecule has 1 N–H and O–H groups in total. The average Bonchev–Trinajstić information content (AvgIpc) is 2.74. The third-order valence-electron chi connectivity index (χ3n) is 5.67. The van der Waals surface area contributed by atoms with Crippen LogP contribution >= 0.6 is 0 Å². The van der Waals surface area contributed by atoms with E-state index in [9.17, 15) is 4.79 Å². The minimum atomic E-state index is -0.0831. The molecule has 1 fully saturated rings. The fourth-order valence-electron chi connectivity index (χ4n) is 4.05. The zero-order valence-electron chi connectivity index (χ0n) is 18.1. The number of rotatable bonds is 5. The largest absolute Gasteiger partial charge is 0.491 e. The van der Waals surface area contributed by atoms with Crippen molar-refractivity contribution in [3.63, 3.8) is 0 Å². The maximum atomic E-state index is 12.8. The van der Waals surface area contributed by atoms with Crippen molar-refractivity contribution < 1.29 is 14.3 Å². The van der Waals surface area contributed by atoms with Crippen LogP contribution in [0, 0.1) is 0 Å². The number of likely N-dealkylation sites (N-methyl/N-ethyl adjacent to an activating group) is 1. The number of hydrogen-bond acceptors (Lipinski definition) is 5. The number of carbonyl (C=O) groups excluding carboxylic acids is 1. The molecule has 2 aliphatic heterocycles. The lowest BCUT2D eigenvalue weighted by Gasteiger charge is -2.37. The van der Waals surface area contributed by atoms with Gasteiger partial charge in [0.1, 0.15) is 18.1 Å². The van der Waals surface area contributed by atoms with Crippen LogP contribution in [0.1, 0.15) is 29.8 Å². The number of ether oxygens (including phenoxy) is 2. The Bertz CT molecular complexity index is 874. The van der Waals surface area contributed by atoms with Crippen molar-refractivity contribution in [3.05, 3.63) is 53.6 Å². The Morgan fingerprint density at radius 2 is 1.83 bits per heavy atom. The van der Waals surface area contributed by atoms with E-state index in [0.717, 1.165) is 44.1 Å².